The van der Waals surface area contributed by atoms with Crippen LogP contribution >= 0.6 is 0 Å². The van der Waals surface area contributed by atoms with Crippen LogP contribution in [-0.2, 0) is 0 Å². The molecule has 0 aliphatic carbocycles. The smallest absolute Gasteiger partial charge is 0.150 e. The first-order chi connectivity index (χ1) is 14.8. The van der Waals surface area contributed by atoms with Gasteiger partial charge in [-0.15, -0.1) is 0 Å². The van der Waals surface area contributed by atoms with E-state index in [1.807, 2.05) is 72.8 Å². The van der Waals surface area contributed by atoms with Gasteiger partial charge in [0, 0.05) is 11.1 Å². The van der Waals surface area contributed by atoms with Crippen LogP contribution in [0, 0.1) is 0 Å². The molecule has 0 unspecified atom stereocenters. The third-order valence-electron chi connectivity index (χ3n) is 5.56. The van der Waals surface area contributed by atoms with E-state index in [0.29, 0.717) is 11.1 Å². The number of benzene rings is 5. The van der Waals surface area contributed by atoms with Crippen molar-refractivity contribution >= 4 is 34.1 Å². The Bertz CT molecular complexity index is 1290. The van der Waals surface area contributed by atoms with Crippen LogP contribution in [0.5, 0.6) is 0 Å². The maximum atomic E-state index is 11.6. The second kappa shape index (κ2) is 7.41. The highest BCUT2D eigenvalue weighted by Crippen LogP contribution is 2.44. The number of aldehydes is 2. The molecule has 0 radical (unpaired) electrons. The minimum atomic E-state index is 0.641. The molecule has 0 N–H and O–H groups in total. The van der Waals surface area contributed by atoms with Crippen molar-refractivity contribution < 1.29 is 9.59 Å². The van der Waals surface area contributed by atoms with Crippen molar-refractivity contribution in [2.45, 2.75) is 0 Å². The topological polar surface area (TPSA) is 34.1 Å². The second-order valence-corrected chi connectivity index (χ2v) is 7.33. The molecule has 0 bridgehead atoms. The van der Waals surface area contributed by atoms with Gasteiger partial charge in [0.2, 0.25) is 0 Å². The number of hydrogen-bond acceptors (Lipinski definition) is 2. The SMILES string of the molecule is O=Cc1ccc2c(c1)c(-c1ccccc1)c(-c1ccccc1)c1cc(C=O)ccc12. The molecule has 142 valence electrons. The van der Waals surface area contributed by atoms with Crippen LogP contribution in [0.3, 0.4) is 0 Å². The molecule has 0 saturated heterocycles. The summed E-state index contributed by atoms with van der Waals surface area (Å²) in [4.78, 5) is 23.1. The monoisotopic (exact) mass is 386 g/mol. The summed E-state index contributed by atoms with van der Waals surface area (Å²) in [6, 6.07) is 32.0. The molecule has 2 nitrogen and oxygen atoms in total. The average Bonchev–Trinajstić information content (AvgIpc) is 2.83. The maximum Gasteiger partial charge on any atom is 0.150 e. The fourth-order valence-corrected chi connectivity index (χ4v) is 4.23. The summed E-state index contributed by atoms with van der Waals surface area (Å²) >= 11 is 0. The van der Waals surface area contributed by atoms with Gasteiger partial charge in [0.25, 0.3) is 0 Å². The lowest BCUT2D eigenvalue weighted by atomic mass is 9.84. The van der Waals surface area contributed by atoms with E-state index in [1.54, 1.807) is 0 Å². The van der Waals surface area contributed by atoms with Gasteiger partial charge in [-0.1, -0.05) is 84.9 Å². The lowest BCUT2D eigenvalue weighted by Crippen LogP contribution is -1.94. The third-order valence-corrected chi connectivity index (χ3v) is 5.56. The predicted octanol–water partition coefficient (Wildman–Crippen LogP) is 6.95. The number of fused-ring (bicyclic) bond motifs is 3. The van der Waals surface area contributed by atoms with Crippen molar-refractivity contribution in [3.63, 3.8) is 0 Å². The summed E-state index contributed by atoms with van der Waals surface area (Å²) in [5.41, 5.74) is 5.56. The summed E-state index contributed by atoms with van der Waals surface area (Å²) in [6.45, 7) is 0. The van der Waals surface area contributed by atoms with Gasteiger partial charge in [0.15, 0.2) is 0 Å². The molecule has 5 aromatic carbocycles. The Balaban J connectivity index is 2.07. The van der Waals surface area contributed by atoms with Crippen LogP contribution in [0.2, 0.25) is 0 Å². The highest BCUT2D eigenvalue weighted by molar-refractivity contribution is 6.22. The molecule has 0 aliphatic heterocycles. The molecule has 0 atom stereocenters. The van der Waals surface area contributed by atoms with Crippen LogP contribution in [0.15, 0.2) is 97.1 Å². The summed E-state index contributed by atoms with van der Waals surface area (Å²) in [5.74, 6) is 0. The fraction of sp³-hybridized carbons (Fsp3) is 0. The largest absolute Gasteiger partial charge is 0.298 e. The molecule has 0 aliphatic rings. The standard InChI is InChI=1S/C28H18O2/c29-17-19-11-13-23-24-14-12-20(18-30)16-26(24)28(22-9-5-2-6-10-22)27(25(23)15-19)21-7-3-1-4-8-21/h1-18H. The van der Waals surface area contributed by atoms with Crippen molar-refractivity contribution in [1.29, 1.82) is 0 Å². The van der Waals surface area contributed by atoms with E-state index >= 15 is 0 Å². The van der Waals surface area contributed by atoms with Gasteiger partial charge in [-0.05, 0) is 55.9 Å². The minimum absolute atomic E-state index is 0.641. The zero-order chi connectivity index (χ0) is 20.5. The molecule has 2 heteroatoms. The molecule has 5 rings (SSSR count). The first kappa shape index (κ1) is 18.0. The normalized spacial score (nSPS) is 10.9. The van der Waals surface area contributed by atoms with Gasteiger partial charge in [-0.25, -0.2) is 0 Å². The van der Waals surface area contributed by atoms with Crippen LogP contribution in [-0.4, -0.2) is 12.6 Å². The first-order valence-corrected chi connectivity index (χ1v) is 9.85. The Labute approximate surface area is 174 Å². The van der Waals surface area contributed by atoms with Crippen LogP contribution in [0.1, 0.15) is 20.7 Å². The first-order valence-electron chi connectivity index (χ1n) is 9.85. The Morgan fingerprint density at radius 1 is 0.433 bits per heavy atom. The number of hydrogen-bond donors (Lipinski definition) is 0. The van der Waals surface area contributed by atoms with Crippen molar-refractivity contribution in [3.05, 3.63) is 108 Å². The van der Waals surface area contributed by atoms with Crippen molar-refractivity contribution in [3.8, 4) is 22.3 Å². The Hall–Kier alpha value is -4.04. The van der Waals surface area contributed by atoms with E-state index in [-0.39, 0.29) is 0 Å². The zero-order valence-electron chi connectivity index (χ0n) is 16.2. The van der Waals surface area contributed by atoms with E-state index in [2.05, 4.69) is 24.3 Å². The van der Waals surface area contributed by atoms with E-state index in [1.165, 1.54) is 0 Å². The fourth-order valence-electron chi connectivity index (χ4n) is 4.23. The zero-order valence-corrected chi connectivity index (χ0v) is 16.2. The van der Waals surface area contributed by atoms with Gasteiger partial charge >= 0.3 is 0 Å². The van der Waals surface area contributed by atoms with Gasteiger partial charge in [0.05, 0.1) is 0 Å². The summed E-state index contributed by atoms with van der Waals surface area (Å²) < 4.78 is 0. The molecule has 0 heterocycles. The lowest BCUT2D eigenvalue weighted by molar-refractivity contribution is 0.111. The molecule has 0 saturated carbocycles. The Morgan fingerprint density at radius 3 is 1.20 bits per heavy atom. The molecule has 0 amide bonds. The number of rotatable bonds is 4. The van der Waals surface area contributed by atoms with Crippen molar-refractivity contribution in [2.75, 3.05) is 0 Å². The Morgan fingerprint density at radius 2 is 0.833 bits per heavy atom. The number of carbonyl (C=O) groups is 2. The summed E-state index contributed by atoms with van der Waals surface area (Å²) in [7, 11) is 0. The molecule has 0 aromatic heterocycles. The minimum Gasteiger partial charge on any atom is -0.298 e. The van der Waals surface area contributed by atoms with Crippen molar-refractivity contribution in [2.24, 2.45) is 0 Å². The van der Waals surface area contributed by atoms with Gasteiger partial charge in [-0.3, -0.25) is 9.59 Å². The van der Waals surface area contributed by atoms with Crippen molar-refractivity contribution in [1.82, 2.24) is 0 Å². The molecule has 0 fully saturated rings. The quantitative estimate of drug-likeness (QED) is 0.247. The van der Waals surface area contributed by atoms with E-state index in [0.717, 1.165) is 56.4 Å². The number of carbonyl (C=O) groups excluding carboxylic acids is 2. The predicted molar refractivity (Wildman–Crippen MR) is 123 cm³/mol. The van der Waals surface area contributed by atoms with Crippen LogP contribution in [0.25, 0.3) is 43.8 Å². The molecule has 30 heavy (non-hydrogen) atoms. The van der Waals surface area contributed by atoms with Crippen LogP contribution < -0.4 is 0 Å². The second-order valence-electron chi connectivity index (χ2n) is 7.33. The van der Waals surface area contributed by atoms with E-state index < -0.39 is 0 Å². The highest BCUT2D eigenvalue weighted by Gasteiger charge is 2.18. The molecular formula is C28H18O2. The van der Waals surface area contributed by atoms with Gasteiger partial charge in [-0.2, -0.15) is 0 Å². The molecule has 0 spiro atoms. The van der Waals surface area contributed by atoms with Gasteiger partial charge < -0.3 is 0 Å². The lowest BCUT2D eigenvalue weighted by Gasteiger charge is -2.19. The average molecular weight is 386 g/mol. The molecular weight excluding hydrogens is 368 g/mol. The highest BCUT2D eigenvalue weighted by atomic mass is 16.1. The summed E-state index contributed by atoms with van der Waals surface area (Å²) in [5, 5.41) is 4.17. The molecule has 5 aromatic rings. The van der Waals surface area contributed by atoms with E-state index in [4.69, 9.17) is 0 Å². The van der Waals surface area contributed by atoms with E-state index in [9.17, 15) is 9.59 Å². The van der Waals surface area contributed by atoms with Gasteiger partial charge in [0.1, 0.15) is 12.6 Å². The maximum absolute atomic E-state index is 11.6. The van der Waals surface area contributed by atoms with Crippen LogP contribution in [0.4, 0.5) is 0 Å². The Kier molecular flexibility index (Phi) is 4.45. The summed E-state index contributed by atoms with van der Waals surface area (Å²) in [6.07, 6.45) is 1.77. The third kappa shape index (κ3) is 2.90.